The van der Waals surface area contributed by atoms with Crippen LogP contribution in [0.3, 0.4) is 0 Å². The highest BCUT2D eigenvalue weighted by molar-refractivity contribution is 5.89. The maximum absolute atomic E-state index is 13.1. The molecule has 2 aromatic rings. The quantitative estimate of drug-likeness (QED) is 0.633. The van der Waals surface area contributed by atoms with E-state index in [4.69, 9.17) is 4.74 Å². The van der Waals surface area contributed by atoms with Gasteiger partial charge in [-0.25, -0.2) is 9.59 Å². The SMILES string of the molecule is CC[C@H](C)[C@@H](NC(=O)[C@@H]1CCCCN1C(=O)OCC1c2ccccc2-c2ccccc21)C(=O)O. The van der Waals surface area contributed by atoms with Gasteiger partial charge in [0.25, 0.3) is 0 Å². The van der Waals surface area contributed by atoms with Crippen LogP contribution in [0, 0.1) is 5.92 Å². The number of carbonyl (C=O) groups is 3. The van der Waals surface area contributed by atoms with Gasteiger partial charge in [0.1, 0.15) is 18.7 Å². The number of rotatable bonds is 7. The molecule has 1 aliphatic carbocycles. The van der Waals surface area contributed by atoms with Crippen molar-refractivity contribution in [1.82, 2.24) is 10.2 Å². The van der Waals surface area contributed by atoms with Crippen LogP contribution in [-0.2, 0) is 14.3 Å². The number of nitrogens with zero attached hydrogens (tertiary/aromatic N) is 1. The van der Waals surface area contributed by atoms with Crippen LogP contribution in [0.1, 0.15) is 56.6 Å². The van der Waals surface area contributed by atoms with Gasteiger partial charge in [0.05, 0.1) is 0 Å². The summed E-state index contributed by atoms with van der Waals surface area (Å²) in [5.41, 5.74) is 4.56. The maximum atomic E-state index is 13.1. The number of piperidine rings is 1. The molecule has 0 spiro atoms. The Morgan fingerprint density at radius 2 is 1.68 bits per heavy atom. The summed E-state index contributed by atoms with van der Waals surface area (Å²) in [6, 6.07) is 14.6. The molecule has 3 atom stereocenters. The number of amides is 2. The number of nitrogens with one attached hydrogen (secondary N) is 1. The first-order chi connectivity index (χ1) is 16.4. The van der Waals surface area contributed by atoms with E-state index < -0.39 is 30.1 Å². The number of carbonyl (C=O) groups excluding carboxylic acids is 2. The average molecular weight is 465 g/mol. The van der Waals surface area contributed by atoms with Gasteiger partial charge in [0, 0.05) is 12.5 Å². The van der Waals surface area contributed by atoms with Gasteiger partial charge in [-0.05, 0) is 47.4 Å². The van der Waals surface area contributed by atoms with Crippen LogP contribution in [0.4, 0.5) is 4.79 Å². The van der Waals surface area contributed by atoms with Gasteiger partial charge in [0.15, 0.2) is 0 Å². The van der Waals surface area contributed by atoms with Crippen molar-refractivity contribution in [2.45, 2.75) is 57.5 Å². The minimum absolute atomic E-state index is 0.0600. The highest BCUT2D eigenvalue weighted by Crippen LogP contribution is 2.44. The smallest absolute Gasteiger partial charge is 0.410 e. The van der Waals surface area contributed by atoms with E-state index in [2.05, 4.69) is 29.6 Å². The minimum atomic E-state index is -1.06. The summed E-state index contributed by atoms with van der Waals surface area (Å²) in [6.45, 7) is 4.28. The van der Waals surface area contributed by atoms with Crippen molar-refractivity contribution in [1.29, 1.82) is 0 Å². The average Bonchev–Trinajstić information content (AvgIpc) is 3.18. The Hall–Kier alpha value is -3.35. The first-order valence-electron chi connectivity index (χ1n) is 12.1. The Morgan fingerprint density at radius 1 is 1.06 bits per heavy atom. The number of fused-ring (bicyclic) bond motifs is 3. The lowest BCUT2D eigenvalue weighted by Gasteiger charge is -2.35. The zero-order chi connectivity index (χ0) is 24.2. The van der Waals surface area contributed by atoms with Crippen molar-refractivity contribution in [3.8, 4) is 11.1 Å². The van der Waals surface area contributed by atoms with E-state index in [0.29, 0.717) is 19.4 Å². The van der Waals surface area contributed by atoms with Gasteiger partial charge in [-0.15, -0.1) is 0 Å². The summed E-state index contributed by atoms with van der Waals surface area (Å²) in [5.74, 6) is -1.77. The van der Waals surface area contributed by atoms with Gasteiger partial charge in [-0.3, -0.25) is 9.69 Å². The monoisotopic (exact) mass is 464 g/mol. The van der Waals surface area contributed by atoms with Crippen molar-refractivity contribution < 1.29 is 24.2 Å². The van der Waals surface area contributed by atoms with Crippen LogP contribution < -0.4 is 5.32 Å². The van der Waals surface area contributed by atoms with E-state index in [1.807, 2.05) is 31.2 Å². The molecule has 1 fully saturated rings. The molecule has 180 valence electrons. The second-order valence-electron chi connectivity index (χ2n) is 9.22. The first kappa shape index (κ1) is 23.8. The molecule has 2 aromatic carbocycles. The number of carboxylic acid groups (broad SMARTS) is 1. The van der Waals surface area contributed by atoms with Crippen molar-refractivity contribution in [3.63, 3.8) is 0 Å². The second kappa shape index (κ2) is 10.3. The Kier molecular flexibility index (Phi) is 7.20. The summed E-state index contributed by atoms with van der Waals surface area (Å²) < 4.78 is 5.77. The van der Waals surface area contributed by atoms with Gasteiger partial charge < -0.3 is 15.2 Å². The van der Waals surface area contributed by atoms with Crippen LogP contribution in [0.2, 0.25) is 0 Å². The normalized spacial score (nSPS) is 19.0. The summed E-state index contributed by atoms with van der Waals surface area (Å²) in [6.07, 6.45) is 2.16. The number of hydrogen-bond donors (Lipinski definition) is 2. The third-order valence-corrected chi connectivity index (χ3v) is 7.15. The number of carboxylic acids is 1. The second-order valence-corrected chi connectivity index (χ2v) is 9.22. The lowest BCUT2D eigenvalue weighted by Crippen LogP contribution is -2.56. The molecule has 0 radical (unpaired) electrons. The van der Waals surface area contributed by atoms with E-state index in [1.54, 1.807) is 6.92 Å². The molecular weight excluding hydrogens is 432 g/mol. The number of hydrogen-bond acceptors (Lipinski definition) is 4. The van der Waals surface area contributed by atoms with Crippen LogP contribution in [0.25, 0.3) is 11.1 Å². The molecule has 34 heavy (non-hydrogen) atoms. The molecule has 4 rings (SSSR count). The topological polar surface area (TPSA) is 95.9 Å². The Labute approximate surface area is 200 Å². The minimum Gasteiger partial charge on any atom is -0.480 e. The van der Waals surface area contributed by atoms with Crippen LogP contribution in [-0.4, -0.2) is 53.2 Å². The molecular formula is C27H32N2O5. The zero-order valence-electron chi connectivity index (χ0n) is 19.7. The summed E-state index contributed by atoms with van der Waals surface area (Å²) in [5, 5.41) is 12.2. The third kappa shape index (κ3) is 4.65. The van der Waals surface area contributed by atoms with Gasteiger partial charge in [0.2, 0.25) is 5.91 Å². The Bertz CT molecular complexity index is 1020. The predicted molar refractivity (Wildman–Crippen MR) is 128 cm³/mol. The van der Waals surface area contributed by atoms with Gasteiger partial charge in [-0.1, -0.05) is 68.8 Å². The summed E-state index contributed by atoms with van der Waals surface area (Å²) in [7, 11) is 0. The Morgan fingerprint density at radius 3 is 2.26 bits per heavy atom. The zero-order valence-corrected chi connectivity index (χ0v) is 19.7. The number of benzene rings is 2. The lowest BCUT2D eigenvalue weighted by molar-refractivity contribution is -0.144. The van der Waals surface area contributed by atoms with Crippen LogP contribution >= 0.6 is 0 Å². The standard InChI is InChI=1S/C27H32N2O5/c1-3-17(2)24(26(31)32)28-25(30)23-14-8-9-15-29(23)27(33)34-16-22-20-12-6-4-10-18(20)19-11-5-7-13-21(19)22/h4-7,10-13,17,22-24H,3,8-9,14-16H2,1-2H3,(H,28,30)(H,31,32)/t17-,23-,24+/m0/s1. The van der Waals surface area contributed by atoms with Gasteiger partial charge >= 0.3 is 12.1 Å². The van der Waals surface area contributed by atoms with Crippen molar-refractivity contribution in [3.05, 3.63) is 59.7 Å². The molecule has 0 aromatic heterocycles. The summed E-state index contributed by atoms with van der Waals surface area (Å²) >= 11 is 0. The van der Waals surface area contributed by atoms with E-state index >= 15 is 0 Å². The fourth-order valence-corrected chi connectivity index (χ4v) is 5.03. The van der Waals surface area contributed by atoms with Crippen LogP contribution in [0.5, 0.6) is 0 Å². The first-order valence-corrected chi connectivity index (χ1v) is 12.1. The molecule has 7 heteroatoms. The van der Waals surface area contributed by atoms with E-state index in [1.165, 1.54) is 4.90 Å². The Balaban J connectivity index is 1.46. The largest absolute Gasteiger partial charge is 0.480 e. The highest BCUT2D eigenvalue weighted by atomic mass is 16.6. The fourth-order valence-electron chi connectivity index (χ4n) is 5.03. The molecule has 0 saturated carbocycles. The molecule has 2 amide bonds. The fraction of sp³-hybridized carbons (Fsp3) is 0.444. The van der Waals surface area contributed by atoms with Crippen molar-refractivity contribution in [2.75, 3.05) is 13.2 Å². The van der Waals surface area contributed by atoms with Gasteiger partial charge in [-0.2, -0.15) is 0 Å². The molecule has 2 aliphatic rings. The molecule has 1 saturated heterocycles. The summed E-state index contributed by atoms with van der Waals surface area (Å²) in [4.78, 5) is 39.2. The molecule has 0 bridgehead atoms. The van der Waals surface area contributed by atoms with E-state index in [0.717, 1.165) is 35.1 Å². The molecule has 1 aliphatic heterocycles. The van der Waals surface area contributed by atoms with Crippen molar-refractivity contribution in [2.24, 2.45) is 5.92 Å². The van der Waals surface area contributed by atoms with E-state index in [9.17, 15) is 19.5 Å². The number of ether oxygens (including phenoxy) is 1. The third-order valence-electron chi connectivity index (χ3n) is 7.15. The maximum Gasteiger partial charge on any atom is 0.410 e. The molecule has 1 heterocycles. The highest BCUT2D eigenvalue weighted by Gasteiger charge is 2.37. The van der Waals surface area contributed by atoms with Crippen LogP contribution in [0.15, 0.2) is 48.5 Å². The lowest BCUT2D eigenvalue weighted by atomic mass is 9.97. The predicted octanol–water partition coefficient (Wildman–Crippen LogP) is 4.41. The van der Waals surface area contributed by atoms with E-state index in [-0.39, 0.29) is 18.4 Å². The van der Waals surface area contributed by atoms with Crippen molar-refractivity contribution >= 4 is 18.0 Å². The molecule has 2 N–H and O–H groups in total. The number of likely N-dealkylation sites (tertiary alicyclic amines) is 1. The molecule has 7 nitrogen and oxygen atoms in total. The number of aliphatic carboxylic acids is 1. The molecule has 0 unspecified atom stereocenters.